The molecule has 1 saturated heterocycles. The van der Waals surface area contributed by atoms with Gasteiger partial charge in [0, 0.05) is 25.2 Å². The van der Waals surface area contributed by atoms with Crippen LogP contribution in [-0.4, -0.2) is 30.9 Å². The lowest BCUT2D eigenvalue weighted by atomic mass is 9.95. The number of rotatable bonds is 3. The molecule has 106 valence electrons. The summed E-state index contributed by atoms with van der Waals surface area (Å²) >= 11 is 0. The molecule has 0 bridgehead atoms. The summed E-state index contributed by atoms with van der Waals surface area (Å²) in [6, 6.07) is 2.90. The molecule has 1 fully saturated rings. The van der Waals surface area contributed by atoms with Gasteiger partial charge in [-0.05, 0) is 19.3 Å². The Morgan fingerprint density at radius 2 is 2.26 bits per heavy atom. The van der Waals surface area contributed by atoms with Crippen LogP contribution in [0.15, 0.2) is 12.1 Å². The molecular formula is C14H21FN2O2. The first-order valence-corrected chi connectivity index (χ1v) is 6.67. The van der Waals surface area contributed by atoms with E-state index in [4.69, 9.17) is 10.5 Å². The molecule has 2 rings (SSSR count). The average molecular weight is 268 g/mol. The Labute approximate surface area is 113 Å². The van der Waals surface area contributed by atoms with Crippen LogP contribution < -0.4 is 15.4 Å². The summed E-state index contributed by atoms with van der Waals surface area (Å²) in [5.41, 5.74) is 6.99. The van der Waals surface area contributed by atoms with Crippen LogP contribution in [0.2, 0.25) is 0 Å². The van der Waals surface area contributed by atoms with Crippen molar-refractivity contribution in [2.24, 2.45) is 5.92 Å². The van der Waals surface area contributed by atoms with Crippen LogP contribution >= 0.6 is 0 Å². The summed E-state index contributed by atoms with van der Waals surface area (Å²) in [4.78, 5) is 1.99. The third-order valence-corrected chi connectivity index (χ3v) is 3.64. The molecule has 1 aromatic carbocycles. The Balaban J connectivity index is 2.26. The smallest absolute Gasteiger partial charge is 0.167 e. The zero-order chi connectivity index (χ0) is 14.0. The molecule has 0 radical (unpaired) electrons. The third-order valence-electron chi connectivity index (χ3n) is 3.64. The summed E-state index contributed by atoms with van der Waals surface area (Å²) in [7, 11) is 0. The molecule has 1 aromatic rings. The molecule has 0 spiro atoms. The molecule has 0 aromatic heterocycles. The van der Waals surface area contributed by atoms with E-state index in [2.05, 4.69) is 0 Å². The minimum absolute atomic E-state index is 0.208. The van der Waals surface area contributed by atoms with Gasteiger partial charge in [0.15, 0.2) is 11.6 Å². The number of hydrogen-bond acceptors (Lipinski definition) is 4. The highest BCUT2D eigenvalue weighted by Crippen LogP contribution is 2.33. The molecule has 1 aliphatic heterocycles. The van der Waals surface area contributed by atoms with Gasteiger partial charge in [-0.25, -0.2) is 4.39 Å². The van der Waals surface area contributed by atoms with Crippen molar-refractivity contribution in [1.29, 1.82) is 0 Å². The number of nitrogens with zero attached hydrogens (tertiary/aromatic N) is 1. The molecule has 0 amide bonds. The molecule has 0 saturated carbocycles. The number of halogens is 1. The maximum Gasteiger partial charge on any atom is 0.167 e. The van der Waals surface area contributed by atoms with E-state index in [9.17, 15) is 9.50 Å². The number of benzene rings is 1. The highest BCUT2D eigenvalue weighted by molar-refractivity contribution is 5.70. The van der Waals surface area contributed by atoms with Crippen molar-refractivity contribution in [3.05, 3.63) is 17.9 Å². The molecular weight excluding hydrogens is 247 g/mol. The number of nitrogens with two attached hydrogens (primary N) is 1. The molecule has 2 atom stereocenters. The summed E-state index contributed by atoms with van der Waals surface area (Å²) < 4.78 is 18.9. The van der Waals surface area contributed by atoms with E-state index in [0.717, 1.165) is 18.7 Å². The van der Waals surface area contributed by atoms with Gasteiger partial charge < -0.3 is 20.5 Å². The van der Waals surface area contributed by atoms with Crippen LogP contribution in [0.1, 0.15) is 20.3 Å². The molecule has 5 heteroatoms. The first kappa shape index (κ1) is 13.9. The Kier molecular flexibility index (Phi) is 4.14. The number of β-amino-alcohol motifs (C(OH)–C–C–N with tert-alkyl or cyclic N) is 1. The molecule has 0 aliphatic carbocycles. The van der Waals surface area contributed by atoms with Crippen molar-refractivity contribution in [1.82, 2.24) is 0 Å². The number of anilines is 2. The lowest BCUT2D eigenvalue weighted by molar-refractivity contribution is 0.103. The fraction of sp³-hybridized carbons (Fsp3) is 0.571. The van der Waals surface area contributed by atoms with Crippen molar-refractivity contribution < 1.29 is 14.2 Å². The lowest BCUT2D eigenvalue weighted by Gasteiger charge is -2.36. The number of piperidine rings is 1. The number of hydrogen-bond donors (Lipinski definition) is 2. The molecule has 19 heavy (non-hydrogen) atoms. The zero-order valence-corrected chi connectivity index (χ0v) is 11.4. The Bertz CT molecular complexity index is 453. The van der Waals surface area contributed by atoms with Crippen LogP contribution in [0.3, 0.4) is 0 Å². The number of nitrogen functional groups attached to an aromatic ring is 1. The van der Waals surface area contributed by atoms with E-state index in [0.29, 0.717) is 18.8 Å². The van der Waals surface area contributed by atoms with Crippen LogP contribution in [-0.2, 0) is 0 Å². The fourth-order valence-electron chi connectivity index (χ4n) is 2.37. The normalized spacial score (nSPS) is 23.5. The fourth-order valence-corrected chi connectivity index (χ4v) is 2.37. The van der Waals surface area contributed by atoms with Gasteiger partial charge in [-0.3, -0.25) is 0 Å². The largest absolute Gasteiger partial charge is 0.491 e. The summed E-state index contributed by atoms with van der Waals surface area (Å²) in [5.74, 6) is 0.0399. The van der Waals surface area contributed by atoms with Crippen LogP contribution in [0.5, 0.6) is 5.75 Å². The van der Waals surface area contributed by atoms with Gasteiger partial charge >= 0.3 is 0 Å². The van der Waals surface area contributed by atoms with Gasteiger partial charge in [-0.1, -0.05) is 6.92 Å². The Morgan fingerprint density at radius 1 is 1.53 bits per heavy atom. The first-order chi connectivity index (χ1) is 9.02. The van der Waals surface area contributed by atoms with Crippen LogP contribution in [0, 0.1) is 11.7 Å². The second-order valence-electron chi connectivity index (χ2n) is 5.05. The molecule has 2 unspecified atom stereocenters. The SMILES string of the molecule is CCOc1cc(N2CCC(C)C(O)C2)c(N)cc1F. The minimum Gasteiger partial charge on any atom is -0.491 e. The van der Waals surface area contributed by atoms with E-state index < -0.39 is 5.82 Å². The quantitative estimate of drug-likeness (QED) is 0.823. The molecule has 1 heterocycles. The summed E-state index contributed by atoms with van der Waals surface area (Å²) in [6.07, 6.45) is 0.510. The number of aliphatic hydroxyl groups is 1. The van der Waals surface area contributed by atoms with Crippen molar-refractivity contribution in [2.45, 2.75) is 26.4 Å². The second-order valence-corrected chi connectivity index (χ2v) is 5.05. The number of ether oxygens (including phenoxy) is 1. The highest BCUT2D eigenvalue weighted by atomic mass is 19.1. The van der Waals surface area contributed by atoms with Crippen molar-refractivity contribution in [3.8, 4) is 5.75 Å². The topological polar surface area (TPSA) is 58.7 Å². The number of aliphatic hydroxyl groups excluding tert-OH is 1. The van der Waals surface area contributed by atoms with E-state index >= 15 is 0 Å². The Morgan fingerprint density at radius 3 is 2.89 bits per heavy atom. The van der Waals surface area contributed by atoms with Crippen molar-refractivity contribution in [3.63, 3.8) is 0 Å². The van der Waals surface area contributed by atoms with Gasteiger partial charge in [0.25, 0.3) is 0 Å². The van der Waals surface area contributed by atoms with Gasteiger partial charge in [0.05, 0.1) is 24.1 Å². The standard InChI is InChI=1S/C14H21FN2O2/c1-3-19-14-7-12(11(16)6-10(14)15)17-5-4-9(2)13(18)8-17/h6-7,9,13,18H,3-5,8,16H2,1-2H3. The van der Waals surface area contributed by atoms with Crippen LogP contribution in [0.25, 0.3) is 0 Å². The predicted octanol–water partition coefficient (Wildman–Crippen LogP) is 2.01. The van der Waals surface area contributed by atoms with Gasteiger partial charge in [-0.2, -0.15) is 0 Å². The zero-order valence-electron chi connectivity index (χ0n) is 11.4. The van der Waals surface area contributed by atoms with Crippen molar-refractivity contribution >= 4 is 11.4 Å². The summed E-state index contributed by atoms with van der Waals surface area (Å²) in [6.45, 7) is 5.56. The van der Waals surface area contributed by atoms with Gasteiger partial charge in [0.2, 0.25) is 0 Å². The average Bonchev–Trinajstić information content (AvgIpc) is 2.36. The first-order valence-electron chi connectivity index (χ1n) is 6.67. The van der Waals surface area contributed by atoms with E-state index in [1.54, 1.807) is 6.07 Å². The predicted molar refractivity (Wildman–Crippen MR) is 74.0 cm³/mol. The monoisotopic (exact) mass is 268 g/mol. The molecule has 3 N–H and O–H groups in total. The van der Waals surface area contributed by atoms with Crippen LogP contribution in [0.4, 0.5) is 15.8 Å². The van der Waals surface area contributed by atoms with E-state index in [1.807, 2.05) is 18.7 Å². The third kappa shape index (κ3) is 2.92. The van der Waals surface area contributed by atoms with E-state index in [-0.39, 0.29) is 17.8 Å². The second kappa shape index (κ2) is 5.65. The van der Waals surface area contributed by atoms with E-state index in [1.165, 1.54) is 6.07 Å². The van der Waals surface area contributed by atoms with Crippen molar-refractivity contribution in [2.75, 3.05) is 30.3 Å². The maximum atomic E-state index is 13.7. The maximum absolute atomic E-state index is 13.7. The molecule has 1 aliphatic rings. The summed E-state index contributed by atoms with van der Waals surface area (Å²) in [5, 5.41) is 9.94. The van der Waals surface area contributed by atoms with Gasteiger partial charge in [-0.15, -0.1) is 0 Å². The highest BCUT2D eigenvalue weighted by Gasteiger charge is 2.26. The molecule has 4 nitrogen and oxygen atoms in total. The Hall–Kier alpha value is -1.49. The lowest BCUT2D eigenvalue weighted by Crippen LogP contribution is -2.43. The van der Waals surface area contributed by atoms with Gasteiger partial charge in [0.1, 0.15) is 0 Å². The minimum atomic E-state index is -0.450.